The number of aryl methyl sites for hydroxylation is 2. The fraction of sp³-hybridized carbons (Fsp3) is 0.250. The van der Waals surface area contributed by atoms with Gasteiger partial charge in [-0.3, -0.25) is 0 Å². The van der Waals surface area contributed by atoms with Crippen LogP contribution in [0.15, 0.2) is 60.7 Å². The van der Waals surface area contributed by atoms with Crippen molar-refractivity contribution in [2.24, 2.45) is 0 Å². The normalized spacial score (nSPS) is 11.3. The van der Waals surface area contributed by atoms with Gasteiger partial charge < -0.3 is 10.2 Å². The van der Waals surface area contributed by atoms with Gasteiger partial charge in [0.15, 0.2) is 0 Å². The van der Waals surface area contributed by atoms with E-state index in [0.29, 0.717) is 17.4 Å². The van der Waals surface area contributed by atoms with Crippen LogP contribution >= 0.6 is 0 Å². The molecule has 2 heteroatoms. The van der Waals surface area contributed by atoms with Crippen LogP contribution in [0, 0.1) is 13.8 Å². The molecule has 3 rings (SSSR count). The molecule has 0 aliphatic rings. The molecule has 0 atom stereocenters. The summed E-state index contributed by atoms with van der Waals surface area (Å²) in [5.74, 6) is 1.17. The van der Waals surface area contributed by atoms with E-state index in [9.17, 15) is 10.2 Å². The van der Waals surface area contributed by atoms with Crippen LogP contribution in [0.2, 0.25) is 0 Å². The second kappa shape index (κ2) is 7.25. The maximum absolute atomic E-state index is 9.91. The highest BCUT2D eigenvalue weighted by Crippen LogP contribution is 2.36. The Balaban J connectivity index is 2.14. The second-order valence-corrected chi connectivity index (χ2v) is 7.35. The zero-order valence-corrected chi connectivity index (χ0v) is 15.8. The molecule has 0 aliphatic heterocycles. The first-order valence-electron chi connectivity index (χ1n) is 9.05. The van der Waals surface area contributed by atoms with Gasteiger partial charge in [0.2, 0.25) is 0 Å². The zero-order chi connectivity index (χ0) is 18.8. The molecule has 134 valence electrons. The molecule has 2 nitrogen and oxygen atoms in total. The molecule has 0 aromatic heterocycles. The van der Waals surface area contributed by atoms with Gasteiger partial charge in [-0.05, 0) is 65.3 Å². The van der Waals surface area contributed by atoms with Crippen molar-refractivity contribution < 1.29 is 10.2 Å². The summed E-state index contributed by atoms with van der Waals surface area (Å²) in [6.45, 7) is 8.22. The van der Waals surface area contributed by atoms with Gasteiger partial charge in [0.25, 0.3) is 0 Å². The van der Waals surface area contributed by atoms with Gasteiger partial charge in [0.1, 0.15) is 11.5 Å². The van der Waals surface area contributed by atoms with E-state index >= 15 is 0 Å². The van der Waals surface area contributed by atoms with Crippen LogP contribution in [0.1, 0.15) is 59.1 Å². The number of phenolic OH excluding ortho intramolecular Hbond substituents is 2. The summed E-state index contributed by atoms with van der Waals surface area (Å²) in [6, 6.07) is 20.3. The summed E-state index contributed by atoms with van der Waals surface area (Å²) < 4.78 is 0. The fourth-order valence-corrected chi connectivity index (χ4v) is 3.37. The molecule has 3 aromatic rings. The molecule has 0 unspecified atom stereocenters. The zero-order valence-electron chi connectivity index (χ0n) is 15.8. The molecule has 0 fully saturated rings. The fourth-order valence-electron chi connectivity index (χ4n) is 3.37. The Labute approximate surface area is 155 Å². The Bertz CT molecular complexity index is 856. The lowest BCUT2D eigenvalue weighted by Gasteiger charge is -2.21. The third kappa shape index (κ3) is 3.60. The smallest absolute Gasteiger partial charge is 0.118 e. The Kier molecular flexibility index (Phi) is 5.03. The Morgan fingerprint density at radius 3 is 1.35 bits per heavy atom. The highest BCUT2D eigenvalue weighted by molar-refractivity contribution is 5.49. The van der Waals surface area contributed by atoms with Crippen molar-refractivity contribution in [1.29, 1.82) is 0 Å². The van der Waals surface area contributed by atoms with Crippen LogP contribution in [0.3, 0.4) is 0 Å². The SMILES string of the molecule is Cc1cc(C(c2ccc(C(C)C)cc2)c2ccc(O)c(C)c2)ccc1O. The van der Waals surface area contributed by atoms with Gasteiger partial charge in [-0.1, -0.05) is 62.4 Å². The molecular weight excluding hydrogens is 320 g/mol. The third-order valence-electron chi connectivity index (χ3n) is 5.04. The van der Waals surface area contributed by atoms with E-state index in [0.717, 1.165) is 22.3 Å². The van der Waals surface area contributed by atoms with Gasteiger partial charge in [-0.2, -0.15) is 0 Å². The number of hydrogen-bond acceptors (Lipinski definition) is 2. The first-order chi connectivity index (χ1) is 12.4. The molecule has 0 bridgehead atoms. The number of benzene rings is 3. The third-order valence-corrected chi connectivity index (χ3v) is 5.04. The van der Waals surface area contributed by atoms with Gasteiger partial charge in [0.05, 0.1) is 0 Å². The Morgan fingerprint density at radius 1 is 0.577 bits per heavy atom. The van der Waals surface area contributed by atoms with Gasteiger partial charge in [-0.25, -0.2) is 0 Å². The monoisotopic (exact) mass is 346 g/mol. The van der Waals surface area contributed by atoms with Crippen LogP contribution in [0.5, 0.6) is 11.5 Å². The first-order valence-corrected chi connectivity index (χ1v) is 9.05. The van der Waals surface area contributed by atoms with E-state index in [4.69, 9.17) is 0 Å². The minimum absolute atomic E-state index is 0.0508. The Hall–Kier alpha value is -2.74. The van der Waals surface area contributed by atoms with E-state index in [2.05, 4.69) is 38.1 Å². The van der Waals surface area contributed by atoms with Crippen molar-refractivity contribution >= 4 is 0 Å². The molecule has 3 aromatic carbocycles. The molecule has 26 heavy (non-hydrogen) atoms. The van der Waals surface area contributed by atoms with Crippen molar-refractivity contribution in [3.63, 3.8) is 0 Å². The molecule has 0 heterocycles. The van der Waals surface area contributed by atoms with E-state index in [1.54, 1.807) is 12.1 Å². The van der Waals surface area contributed by atoms with Crippen LogP contribution in [0.4, 0.5) is 0 Å². The van der Waals surface area contributed by atoms with Crippen molar-refractivity contribution in [2.45, 2.75) is 39.5 Å². The van der Waals surface area contributed by atoms with Crippen LogP contribution in [-0.4, -0.2) is 10.2 Å². The molecule has 0 spiro atoms. The molecule has 0 amide bonds. The van der Waals surface area contributed by atoms with Crippen molar-refractivity contribution in [3.8, 4) is 11.5 Å². The number of rotatable bonds is 4. The quantitative estimate of drug-likeness (QED) is 0.567. The van der Waals surface area contributed by atoms with Gasteiger partial charge in [0, 0.05) is 5.92 Å². The molecule has 0 radical (unpaired) electrons. The average Bonchev–Trinajstić information content (AvgIpc) is 2.62. The molecule has 0 saturated heterocycles. The standard InChI is InChI=1S/C24H26O2/c1-15(2)18-5-7-19(8-6-18)24(20-9-11-22(25)16(3)13-20)21-10-12-23(26)17(4)14-21/h5-15,24-26H,1-4H3. The predicted octanol–water partition coefficient (Wildman–Crippen LogP) is 6.02. The van der Waals surface area contributed by atoms with Crippen LogP contribution < -0.4 is 0 Å². The maximum Gasteiger partial charge on any atom is 0.118 e. The summed E-state index contributed by atoms with van der Waals surface area (Å²) in [4.78, 5) is 0. The van der Waals surface area contributed by atoms with Gasteiger partial charge in [-0.15, -0.1) is 0 Å². The summed E-state index contributed by atoms with van der Waals surface area (Å²) in [6.07, 6.45) is 0. The predicted molar refractivity (Wildman–Crippen MR) is 107 cm³/mol. The Morgan fingerprint density at radius 2 is 0.962 bits per heavy atom. The summed E-state index contributed by atoms with van der Waals surface area (Å²) in [5.41, 5.74) is 6.50. The van der Waals surface area contributed by atoms with Crippen LogP contribution in [0.25, 0.3) is 0 Å². The lowest BCUT2D eigenvalue weighted by molar-refractivity contribution is 0.470. The largest absolute Gasteiger partial charge is 0.508 e. The topological polar surface area (TPSA) is 40.5 Å². The summed E-state index contributed by atoms with van der Waals surface area (Å²) in [5, 5.41) is 19.8. The maximum atomic E-state index is 9.91. The molecule has 2 N–H and O–H groups in total. The summed E-state index contributed by atoms with van der Waals surface area (Å²) >= 11 is 0. The lowest BCUT2D eigenvalue weighted by atomic mass is 9.83. The molecular formula is C24H26O2. The minimum atomic E-state index is 0.0508. The van der Waals surface area contributed by atoms with E-state index < -0.39 is 0 Å². The molecule has 0 saturated carbocycles. The number of aromatic hydroxyl groups is 2. The molecule has 0 aliphatic carbocycles. The average molecular weight is 346 g/mol. The number of hydrogen-bond donors (Lipinski definition) is 2. The van der Waals surface area contributed by atoms with Crippen molar-refractivity contribution in [1.82, 2.24) is 0 Å². The van der Waals surface area contributed by atoms with Crippen molar-refractivity contribution in [3.05, 3.63) is 94.0 Å². The lowest BCUT2D eigenvalue weighted by Crippen LogP contribution is -2.04. The van der Waals surface area contributed by atoms with E-state index in [-0.39, 0.29) is 5.92 Å². The van der Waals surface area contributed by atoms with Crippen LogP contribution in [-0.2, 0) is 0 Å². The van der Waals surface area contributed by atoms with Crippen molar-refractivity contribution in [2.75, 3.05) is 0 Å². The highest BCUT2D eigenvalue weighted by Gasteiger charge is 2.19. The second-order valence-electron chi connectivity index (χ2n) is 7.35. The summed E-state index contributed by atoms with van der Waals surface area (Å²) in [7, 11) is 0. The number of phenols is 2. The highest BCUT2D eigenvalue weighted by atomic mass is 16.3. The minimum Gasteiger partial charge on any atom is -0.508 e. The first kappa shape index (κ1) is 18.1. The van der Waals surface area contributed by atoms with E-state index in [1.165, 1.54) is 11.1 Å². The van der Waals surface area contributed by atoms with E-state index in [1.807, 2.05) is 38.1 Å². The van der Waals surface area contributed by atoms with Gasteiger partial charge >= 0.3 is 0 Å².